The van der Waals surface area contributed by atoms with Crippen LogP contribution in [0.1, 0.15) is 31.4 Å². The van der Waals surface area contributed by atoms with Crippen molar-refractivity contribution in [1.82, 2.24) is 15.0 Å². The summed E-state index contributed by atoms with van der Waals surface area (Å²) in [6.07, 6.45) is 9.44. The van der Waals surface area contributed by atoms with Crippen LogP contribution in [0.2, 0.25) is 0 Å². The Labute approximate surface area is 156 Å². The van der Waals surface area contributed by atoms with Crippen LogP contribution in [0.5, 0.6) is 0 Å². The number of carbonyl (C=O) groups excluding carboxylic acids is 1. The second kappa shape index (κ2) is 7.60. The van der Waals surface area contributed by atoms with Gasteiger partial charge in [-0.15, -0.1) is 11.3 Å². The Morgan fingerprint density at radius 3 is 2.69 bits per heavy atom. The fourth-order valence-corrected chi connectivity index (χ4v) is 4.26. The maximum absolute atomic E-state index is 12.6. The van der Waals surface area contributed by atoms with E-state index < -0.39 is 0 Å². The highest BCUT2D eigenvalue weighted by atomic mass is 32.1. The third kappa shape index (κ3) is 3.66. The first-order chi connectivity index (χ1) is 12.7. The lowest BCUT2D eigenvalue weighted by atomic mass is 9.79. The Kier molecular flexibility index (Phi) is 5.04. The number of pyridine rings is 2. The van der Waals surface area contributed by atoms with Gasteiger partial charge in [0.15, 0.2) is 0 Å². The molecule has 6 heteroatoms. The largest absolute Gasteiger partial charge is 0.396 e. The van der Waals surface area contributed by atoms with E-state index in [2.05, 4.69) is 21.0 Å². The van der Waals surface area contributed by atoms with Gasteiger partial charge in [-0.3, -0.25) is 19.7 Å². The molecular weight excluding hydrogens is 346 g/mol. The predicted octanol–water partition coefficient (Wildman–Crippen LogP) is 3.66. The Bertz CT molecular complexity index is 903. The van der Waals surface area contributed by atoms with Crippen LogP contribution in [-0.2, 0) is 11.2 Å². The van der Waals surface area contributed by atoms with Crippen LogP contribution in [0.15, 0.2) is 36.2 Å². The second-order valence-electron chi connectivity index (χ2n) is 7.00. The number of hydrogen-bond acceptors (Lipinski definition) is 6. The Morgan fingerprint density at radius 2 is 1.96 bits per heavy atom. The molecule has 26 heavy (non-hydrogen) atoms. The van der Waals surface area contributed by atoms with Crippen molar-refractivity contribution >= 4 is 28.0 Å². The third-order valence-corrected chi connectivity index (χ3v) is 6.08. The minimum Gasteiger partial charge on any atom is -0.396 e. The summed E-state index contributed by atoms with van der Waals surface area (Å²) >= 11 is 1.58. The molecule has 0 spiro atoms. The first-order valence-electron chi connectivity index (χ1n) is 9.00. The first kappa shape index (κ1) is 17.2. The molecule has 0 amide bonds. The summed E-state index contributed by atoms with van der Waals surface area (Å²) < 4.78 is 0. The summed E-state index contributed by atoms with van der Waals surface area (Å²) in [4.78, 5) is 26.7. The molecule has 1 fully saturated rings. The molecule has 1 N–H and O–H groups in total. The normalized spacial score (nSPS) is 20.3. The summed E-state index contributed by atoms with van der Waals surface area (Å²) in [5, 5.41) is 10.2. The molecule has 3 heterocycles. The minimum atomic E-state index is 0.108. The van der Waals surface area contributed by atoms with Gasteiger partial charge in [0.25, 0.3) is 0 Å². The number of nitrogens with zero attached hydrogens (tertiary/aromatic N) is 3. The van der Waals surface area contributed by atoms with Gasteiger partial charge < -0.3 is 5.11 Å². The minimum absolute atomic E-state index is 0.108. The molecule has 0 saturated heterocycles. The summed E-state index contributed by atoms with van der Waals surface area (Å²) in [5.74, 6) is 0.742. The molecule has 0 radical (unpaired) electrons. The number of Topliss-reactive ketones (excluding diaryl/α,β-unsaturated/α-hetero) is 1. The molecule has 0 atom stereocenters. The zero-order valence-corrected chi connectivity index (χ0v) is 15.3. The van der Waals surface area contributed by atoms with Crippen LogP contribution in [-0.4, -0.2) is 32.4 Å². The molecule has 1 aliphatic carbocycles. The van der Waals surface area contributed by atoms with Gasteiger partial charge in [-0.2, -0.15) is 0 Å². The smallest absolute Gasteiger partial charge is 0.141 e. The van der Waals surface area contributed by atoms with Crippen molar-refractivity contribution in [2.24, 2.45) is 11.8 Å². The Hall–Kier alpha value is -2.18. The van der Waals surface area contributed by atoms with Crippen LogP contribution < -0.4 is 0 Å². The van der Waals surface area contributed by atoms with Gasteiger partial charge in [-0.25, -0.2) is 0 Å². The second-order valence-corrected chi connectivity index (χ2v) is 7.89. The first-order valence-corrected chi connectivity index (χ1v) is 9.88. The number of ketones is 1. The summed E-state index contributed by atoms with van der Waals surface area (Å²) in [6, 6.07) is 4.06. The molecule has 0 bridgehead atoms. The third-order valence-electron chi connectivity index (χ3n) is 5.26. The van der Waals surface area contributed by atoms with Crippen molar-refractivity contribution in [3.63, 3.8) is 0 Å². The number of thiazole rings is 1. The van der Waals surface area contributed by atoms with Crippen molar-refractivity contribution in [2.75, 3.05) is 6.61 Å². The predicted molar refractivity (Wildman–Crippen MR) is 102 cm³/mol. The fourth-order valence-electron chi connectivity index (χ4n) is 3.66. The Balaban J connectivity index is 1.50. The molecule has 4 rings (SSSR count). The maximum atomic E-state index is 12.6. The van der Waals surface area contributed by atoms with E-state index in [4.69, 9.17) is 0 Å². The average molecular weight is 367 g/mol. The lowest BCUT2D eigenvalue weighted by molar-refractivity contribution is -0.123. The number of fused-ring (bicyclic) bond motifs is 1. The van der Waals surface area contributed by atoms with E-state index in [1.807, 2.05) is 24.0 Å². The molecular formula is C20H21N3O2S. The van der Waals surface area contributed by atoms with Crippen molar-refractivity contribution in [3.8, 4) is 10.4 Å². The van der Waals surface area contributed by atoms with Gasteiger partial charge in [0.05, 0.1) is 22.1 Å². The summed E-state index contributed by atoms with van der Waals surface area (Å²) in [7, 11) is 0. The number of aromatic nitrogens is 3. The average Bonchev–Trinajstić information content (AvgIpc) is 3.22. The highest BCUT2D eigenvalue weighted by Crippen LogP contribution is 2.30. The SMILES string of the molecule is O=C(Cc1cc2cc(-c3cncs3)cnc2cn1)C1CCC(CO)CC1. The number of hydrogen-bond donors (Lipinski definition) is 1. The van der Waals surface area contributed by atoms with E-state index in [-0.39, 0.29) is 18.3 Å². The van der Waals surface area contributed by atoms with E-state index in [1.54, 1.807) is 17.5 Å². The summed E-state index contributed by atoms with van der Waals surface area (Å²) in [5.41, 5.74) is 4.47. The molecule has 134 valence electrons. The highest BCUT2D eigenvalue weighted by Gasteiger charge is 2.26. The molecule has 1 aliphatic rings. The van der Waals surface area contributed by atoms with E-state index in [1.165, 1.54) is 0 Å². The van der Waals surface area contributed by atoms with Crippen LogP contribution >= 0.6 is 11.3 Å². The molecule has 0 unspecified atom stereocenters. The van der Waals surface area contributed by atoms with Crippen LogP contribution in [0.4, 0.5) is 0 Å². The zero-order chi connectivity index (χ0) is 17.9. The van der Waals surface area contributed by atoms with Gasteiger partial charge in [-0.05, 0) is 43.7 Å². The van der Waals surface area contributed by atoms with Crippen LogP contribution in [0.3, 0.4) is 0 Å². The number of rotatable bonds is 5. The zero-order valence-electron chi connectivity index (χ0n) is 14.5. The lowest BCUT2D eigenvalue weighted by Crippen LogP contribution is -2.24. The van der Waals surface area contributed by atoms with Gasteiger partial charge in [0, 0.05) is 48.0 Å². The molecule has 5 nitrogen and oxygen atoms in total. The number of carbonyl (C=O) groups is 1. The van der Waals surface area contributed by atoms with Gasteiger partial charge in [-0.1, -0.05) is 0 Å². The fraction of sp³-hybridized carbons (Fsp3) is 0.400. The number of aliphatic hydroxyl groups excluding tert-OH is 1. The van der Waals surface area contributed by atoms with Crippen molar-refractivity contribution in [2.45, 2.75) is 32.1 Å². The molecule has 0 aromatic carbocycles. The summed E-state index contributed by atoms with van der Waals surface area (Å²) in [6.45, 7) is 0.238. The van der Waals surface area contributed by atoms with E-state index in [9.17, 15) is 9.90 Å². The monoisotopic (exact) mass is 367 g/mol. The molecule has 3 aromatic heterocycles. The van der Waals surface area contributed by atoms with Crippen LogP contribution in [0, 0.1) is 11.8 Å². The molecule has 0 aliphatic heterocycles. The lowest BCUT2D eigenvalue weighted by Gasteiger charge is -2.26. The van der Waals surface area contributed by atoms with Crippen LogP contribution in [0.25, 0.3) is 21.3 Å². The standard InChI is InChI=1S/C20H21N3O2S/c24-11-13-1-3-14(4-2-13)19(25)7-17-6-15-5-16(20-10-21-12-26-20)8-23-18(15)9-22-17/h5-6,8-10,12-14,24H,1-4,7,11H2. The van der Waals surface area contributed by atoms with Crippen molar-refractivity contribution in [3.05, 3.63) is 41.9 Å². The van der Waals surface area contributed by atoms with Gasteiger partial charge in [0.1, 0.15) is 5.78 Å². The highest BCUT2D eigenvalue weighted by molar-refractivity contribution is 7.13. The maximum Gasteiger partial charge on any atom is 0.141 e. The van der Waals surface area contributed by atoms with Gasteiger partial charge >= 0.3 is 0 Å². The molecule has 1 saturated carbocycles. The molecule has 3 aromatic rings. The quantitative estimate of drug-likeness (QED) is 0.745. The van der Waals surface area contributed by atoms with E-state index in [0.717, 1.165) is 52.7 Å². The van der Waals surface area contributed by atoms with E-state index in [0.29, 0.717) is 12.3 Å². The van der Waals surface area contributed by atoms with E-state index >= 15 is 0 Å². The van der Waals surface area contributed by atoms with Gasteiger partial charge in [0.2, 0.25) is 0 Å². The van der Waals surface area contributed by atoms with Crippen molar-refractivity contribution < 1.29 is 9.90 Å². The topological polar surface area (TPSA) is 76.0 Å². The number of aliphatic hydroxyl groups is 1. The Morgan fingerprint density at radius 1 is 1.12 bits per heavy atom. The van der Waals surface area contributed by atoms with Crippen molar-refractivity contribution in [1.29, 1.82) is 0 Å².